The lowest BCUT2D eigenvalue weighted by Crippen LogP contribution is -2.46. The van der Waals surface area contributed by atoms with Gasteiger partial charge in [0.25, 0.3) is 0 Å². The van der Waals surface area contributed by atoms with Crippen LogP contribution in [0.1, 0.15) is 25.5 Å². The number of hydrogen-bond acceptors (Lipinski definition) is 2. The molecule has 1 aliphatic rings. The summed E-state index contributed by atoms with van der Waals surface area (Å²) in [7, 11) is 0. The molecule has 94 valence electrons. The fraction of sp³-hybridized carbons (Fsp3) is 0.500. The summed E-state index contributed by atoms with van der Waals surface area (Å²) < 4.78 is 19.3. The van der Waals surface area contributed by atoms with Gasteiger partial charge < -0.3 is 10.1 Å². The van der Waals surface area contributed by atoms with Crippen molar-refractivity contribution >= 4 is 23.2 Å². The van der Waals surface area contributed by atoms with Crippen molar-refractivity contribution in [1.82, 2.24) is 5.32 Å². The Morgan fingerprint density at radius 3 is 2.71 bits per heavy atom. The van der Waals surface area contributed by atoms with E-state index < -0.39 is 5.82 Å². The number of nitrogens with one attached hydrogen (secondary N) is 1. The van der Waals surface area contributed by atoms with Gasteiger partial charge in [-0.2, -0.15) is 0 Å². The highest BCUT2D eigenvalue weighted by atomic mass is 35.5. The monoisotopic (exact) mass is 277 g/mol. The minimum Gasteiger partial charge on any atom is -0.365 e. The molecule has 1 atom stereocenters. The average Bonchev–Trinajstić information content (AvgIpc) is 2.22. The molecule has 2 nitrogen and oxygen atoms in total. The van der Waals surface area contributed by atoms with Crippen molar-refractivity contribution in [2.24, 2.45) is 0 Å². The molecule has 0 saturated carbocycles. The van der Waals surface area contributed by atoms with Gasteiger partial charge in [-0.05, 0) is 26.0 Å². The predicted octanol–water partition coefficient (Wildman–Crippen LogP) is 3.57. The predicted molar refractivity (Wildman–Crippen MR) is 67.2 cm³/mol. The Kier molecular flexibility index (Phi) is 3.64. The van der Waals surface area contributed by atoms with Crippen LogP contribution in [-0.2, 0) is 4.74 Å². The van der Waals surface area contributed by atoms with Crippen molar-refractivity contribution < 1.29 is 9.13 Å². The van der Waals surface area contributed by atoms with Crippen LogP contribution < -0.4 is 5.32 Å². The second-order valence-corrected chi connectivity index (χ2v) is 5.60. The maximum atomic E-state index is 13.4. The lowest BCUT2D eigenvalue weighted by molar-refractivity contribution is -0.0959. The van der Waals surface area contributed by atoms with Gasteiger partial charge in [-0.15, -0.1) is 0 Å². The SMILES string of the molecule is CC1(C)CNCC(c2cc(F)c(Cl)cc2Cl)O1. The molecule has 0 amide bonds. The fourth-order valence-corrected chi connectivity index (χ4v) is 2.44. The van der Waals surface area contributed by atoms with Crippen molar-refractivity contribution in [3.05, 3.63) is 33.6 Å². The van der Waals surface area contributed by atoms with Gasteiger partial charge in [-0.25, -0.2) is 4.39 Å². The first-order chi connectivity index (χ1) is 7.89. The molecule has 1 saturated heterocycles. The van der Waals surface area contributed by atoms with Crippen LogP contribution in [0.4, 0.5) is 4.39 Å². The summed E-state index contributed by atoms with van der Waals surface area (Å²) >= 11 is 11.7. The molecule has 0 aliphatic carbocycles. The smallest absolute Gasteiger partial charge is 0.142 e. The zero-order chi connectivity index (χ0) is 12.6. The van der Waals surface area contributed by atoms with Crippen LogP contribution in [0.2, 0.25) is 10.0 Å². The molecule has 1 fully saturated rings. The van der Waals surface area contributed by atoms with E-state index >= 15 is 0 Å². The molecule has 1 aromatic carbocycles. The molecule has 5 heteroatoms. The van der Waals surface area contributed by atoms with E-state index in [0.29, 0.717) is 17.1 Å². The standard InChI is InChI=1S/C12H14Cl2FNO/c1-12(2)6-16-5-11(17-12)7-3-10(15)9(14)4-8(7)13/h3-4,11,16H,5-6H2,1-2H3. The topological polar surface area (TPSA) is 21.3 Å². The summed E-state index contributed by atoms with van der Waals surface area (Å²) in [6.45, 7) is 5.33. The Bertz CT molecular complexity index is 437. The molecular weight excluding hydrogens is 264 g/mol. The summed E-state index contributed by atoms with van der Waals surface area (Å²) in [6, 6.07) is 2.76. The Morgan fingerprint density at radius 2 is 2.06 bits per heavy atom. The molecule has 0 spiro atoms. The van der Waals surface area contributed by atoms with Crippen LogP contribution in [0.5, 0.6) is 0 Å². The van der Waals surface area contributed by atoms with Crippen molar-refractivity contribution in [2.75, 3.05) is 13.1 Å². The molecule has 0 radical (unpaired) electrons. The summed E-state index contributed by atoms with van der Waals surface area (Å²) in [5, 5.41) is 3.71. The number of rotatable bonds is 1. The van der Waals surface area contributed by atoms with Crippen molar-refractivity contribution in [2.45, 2.75) is 25.6 Å². The van der Waals surface area contributed by atoms with Crippen LogP contribution in [0.25, 0.3) is 0 Å². The van der Waals surface area contributed by atoms with Gasteiger partial charge in [0.15, 0.2) is 0 Å². The van der Waals surface area contributed by atoms with Crippen LogP contribution in [0.3, 0.4) is 0 Å². The zero-order valence-corrected chi connectivity index (χ0v) is 11.2. The van der Waals surface area contributed by atoms with E-state index in [0.717, 1.165) is 6.54 Å². The first-order valence-corrected chi connectivity index (χ1v) is 6.17. The van der Waals surface area contributed by atoms with Gasteiger partial charge in [0, 0.05) is 23.7 Å². The van der Waals surface area contributed by atoms with Crippen molar-refractivity contribution in [3.63, 3.8) is 0 Å². The second kappa shape index (κ2) is 4.73. The molecule has 17 heavy (non-hydrogen) atoms. The fourth-order valence-electron chi connectivity index (χ4n) is 1.93. The maximum absolute atomic E-state index is 13.4. The third-order valence-corrected chi connectivity index (χ3v) is 3.35. The molecule has 1 heterocycles. The Morgan fingerprint density at radius 1 is 1.35 bits per heavy atom. The van der Waals surface area contributed by atoms with Gasteiger partial charge in [0.1, 0.15) is 5.82 Å². The molecule has 1 N–H and O–H groups in total. The van der Waals surface area contributed by atoms with E-state index in [1.165, 1.54) is 12.1 Å². The third kappa shape index (κ3) is 2.91. The molecule has 0 aromatic heterocycles. The maximum Gasteiger partial charge on any atom is 0.142 e. The van der Waals surface area contributed by atoms with E-state index in [4.69, 9.17) is 27.9 Å². The van der Waals surface area contributed by atoms with Crippen LogP contribution in [-0.4, -0.2) is 18.7 Å². The van der Waals surface area contributed by atoms with E-state index in [-0.39, 0.29) is 16.7 Å². The Labute approximate surface area is 110 Å². The molecule has 1 aromatic rings. The van der Waals surface area contributed by atoms with Crippen LogP contribution in [0, 0.1) is 5.82 Å². The first kappa shape index (κ1) is 13.1. The quantitative estimate of drug-likeness (QED) is 0.793. The minimum absolute atomic E-state index is 0.0294. The Hall–Kier alpha value is -0.350. The Balaban J connectivity index is 2.31. The van der Waals surface area contributed by atoms with Gasteiger partial charge in [0.2, 0.25) is 0 Å². The number of morpholine rings is 1. The zero-order valence-electron chi connectivity index (χ0n) is 9.69. The van der Waals surface area contributed by atoms with E-state index in [2.05, 4.69) is 5.32 Å². The number of halogens is 3. The van der Waals surface area contributed by atoms with Crippen LogP contribution >= 0.6 is 23.2 Å². The average molecular weight is 278 g/mol. The van der Waals surface area contributed by atoms with Crippen molar-refractivity contribution in [3.8, 4) is 0 Å². The minimum atomic E-state index is -0.474. The lowest BCUT2D eigenvalue weighted by Gasteiger charge is -2.37. The summed E-state index contributed by atoms with van der Waals surface area (Å²) in [5.74, 6) is -0.474. The lowest BCUT2D eigenvalue weighted by atomic mass is 10.0. The molecular formula is C12H14Cl2FNO. The van der Waals surface area contributed by atoms with Gasteiger partial charge in [0.05, 0.1) is 16.7 Å². The van der Waals surface area contributed by atoms with E-state index in [9.17, 15) is 4.39 Å². The molecule has 1 aliphatic heterocycles. The van der Waals surface area contributed by atoms with Gasteiger partial charge in [-0.3, -0.25) is 0 Å². The van der Waals surface area contributed by atoms with Crippen LogP contribution in [0.15, 0.2) is 12.1 Å². The molecule has 0 bridgehead atoms. The van der Waals surface area contributed by atoms with E-state index in [1.807, 2.05) is 13.8 Å². The molecule has 1 unspecified atom stereocenters. The van der Waals surface area contributed by atoms with Gasteiger partial charge >= 0.3 is 0 Å². The second-order valence-electron chi connectivity index (χ2n) is 4.78. The van der Waals surface area contributed by atoms with Gasteiger partial charge in [-0.1, -0.05) is 23.2 Å². The summed E-state index contributed by atoms with van der Waals surface area (Å²) in [5.41, 5.74) is 0.344. The highest BCUT2D eigenvalue weighted by molar-refractivity contribution is 6.35. The largest absolute Gasteiger partial charge is 0.365 e. The number of hydrogen-bond donors (Lipinski definition) is 1. The highest BCUT2D eigenvalue weighted by Crippen LogP contribution is 2.34. The normalized spacial score (nSPS) is 23.7. The van der Waals surface area contributed by atoms with Crippen molar-refractivity contribution in [1.29, 1.82) is 0 Å². The summed E-state index contributed by atoms with van der Waals surface area (Å²) in [6.07, 6.45) is -0.252. The first-order valence-electron chi connectivity index (χ1n) is 5.42. The third-order valence-electron chi connectivity index (χ3n) is 2.73. The number of benzene rings is 1. The highest BCUT2D eigenvalue weighted by Gasteiger charge is 2.30. The number of ether oxygens (including phenoxy) is 1. The van der Waals surface area contributed by atoms with E-state index in [1.54, 1.807) is 0 Å². The molecule has 2 rings (SSSR count). The summed E-state index contributed by atoms with van der Waals surface area (Å²) in [4.78, 5) is 0.